The summed E-state index contributed by atoms with van der Waals surface area (Å²) in [7, 11) is 0. The quantitative estimate of drug-likeness (QED) is 0.504. The minimum atomic E-state index is -0.860. The summed E-state index contributed by atoms with van der Waals surface area (Å²) in [5.74, 6) is 0.0388. The third-order valence-corrected chi connectivity index (χ3v) is 9.22. The van der Waals surface area contributed by atoms with Crippen molar-refractivity contribution in [2.45, 2.75) is 38.8 Å². The fraction of sp³-hybridized carbons (Fsp3) is 0.474. The Morgan fingerprint density at radius 2 is 1.26 bits per heavy atom. The number of nitrogens with zero attached hydrogens (tertiary/aromatic N) is 2. The van der Waals surface area contributed by atoms with Crippen molar-refractivity contribution >= 4 is 66.3 Å². The van der Waals surface area contributed by atoms with Gasteiger partial charge in [0.05, 0.1) is 0 Å². The molecule has 2 aromatic rings. The third kappa shape index (κ3) is 3.66. The standard InChI is InChI=1S/C19H20Br2N2O2S2/c20-15-11-26-9-13(15)7-22-5-1-3-19(17(22)24)4-2-6-23(18(19)25)8-14-10-27-12-16(14)21/h9-12H,1-8H2. The SMILES string of the molecule is O=C1N(Cc2cscc2Br)CCCC12CCCN(Cc1cscc1Br)C2=O. The van der Waals surface area contributed by atoms with Gasteiger partial charge in [0.25, 0.3) is 0 Å². The van der Waals surface area contributed by atoms with Gasteiger partial charge in [0.15, 0.2) is 0 Å². The lowest BCUT2D eigenvalue weighted by atomic mass is 9.72. The van der Waals surface area contributed by atoms with Gasteiger partial charge in [-0.2, -0.15) is 22.7 Å². The summed E-state index contributed by atoms with van der Waals surface area (Å²) in [6.07, 6.45) is 3.12. The van der Waals surface area contributed by atoms with Crippen LogP contribution in [0.2, 0.25) is 0 Å². The van der Waals surface area contributed by atoms with Crippen molar-refractivity contribution in [1.29, 1.82) is 0 Å². The number of rotatable bonds is 4. The van der Waals surface area contributed by atoms with Crippen LogP contribution < -0.4 is 0 Å². The Bertz CT molecular complexity index is 793. The molecule has 0 atom stereocenters. The highest BCUT2D eigenvalue weighted by Gasteiger charge is 2.53. The summed E-state index contributed by atoms with van der Waals surface area (Å²) in [6.45, 7) is 2.61. The van der Waals surface area contributed by atoms with Crippen molar-refractivity contribution in [2.24, 2.45) is 5.41 Å². The van der Waals surface area contributed by atoms with Crippen molar-refractivity contribution in [2.75, 3.05) is 13.1 Å². The second-order valence-corrected chi connectivity index (χ2v) is 10.4. The fourth-order valence-corrected chi connectivity index (χ4v) is 6.99. The summed E-state index contributed by atoms with van der Waals surface area (Å²) in [5.41, 5.74) is 1.38. The van der Waals surface area contributed by atoms with E-state index in [0.29, 0.717) is 25.9 Å². The van der Waals surface area contributed by atoms with E-state index in [9.17, 15) is 9.59 Å². The fourth-order valence-electron chi connectivity index (χ4n) is 4.15. The first-order valence-electron chi connectivity index (χ1n) is 9.01. The van der Waals surface area contributed by atoms with Crippen LogP contribution in [0.25, 0.3) is 0 Å². The molecule has 0 N–H and O–H groups in total. The maximum absolute atomic E-state index is 13.4. The van der Waals surface area contributed by atoms with Crippen LogP contribution in [0.5, 0.6) is 0 Å². The van der Waals surface area contributed by atoms with E-state index >= 15 is 0 Å². The molecule has 2 aliphatic rings. The van der Waals surface area contributed by atoms with E-state index in [1.54, 1.807) is 22.7 Å². The second kappa shape index (κ2) is 7.97. The lowest BCUT2D eigenvalue weighted by molar-refractivity contribution is -0.165. The maximum Gasteiger partial charge on any atom is 0.238 e. The first-order valence-corrected chi connectivity index (χ1v) is 12.5. The normalized spacial score (nSPS) is 19.9. The van der Waals surface area contributed by atoms with Gasteiger partial charge < -0.3 is 9.80 Å². The Labute approximate surface area is 183 Å². The molecule has 4 nitrogen and oxygen atoms in total. The predicted molar refractivity (Wildman–Crippen MR) is 116 cm³/mol. The molecule has 2 aliphatic heterocycles. The topological polar surface area (TPSA) is 40.6 Å². The van der Waals surface area contributed by atoms with Gasteiger partial charge in [-0.15, -0.1) is 0 Å². The van der Waals surface area contributed by atoms with Crippen LogP contribution >= 0.6 is 54.5 Å². The van der Waals surface area contributed by atoms with Crippen molar-refractivity contribution in [3.63, 3.8) is 0 Å². The van der Waals surface area contributed by atoms with Gasteiger partial charge in [0.2, 0.25) is 11.8 Å². The first kappa shape index (κ1) is 19.6. The number of piperidine rings is 2. The van der Waals surface area contributed by atoms with E-state index in [0.717, 1.165) is 46.0 Å². The molecule has 2 saturated heterocycles. The molecule has 0 saturated carbocycles. The van der Waals surface area contributed by atoms with E-state index in [1.807, 2.05) is 20.6 Å². The minimum Gasteiger partial charge on any atom is -0.337 e. The van der Waals surface area contributed by atoms with Crippen LogP contribution in [0.15, 0.2) is 30.5 Å². The highest BCUT2D eigenvalue weighted by atomic mass is 79.9. The predicted octanol–water partition coefficient (Wildman–Crippen LogP) is 5.27. The summed E-state index contributed by atoms with van der Waals surface area (Å²) >= 11 is 10.4. The molecule has 0 bridgehead atoms. The number of hydrogen-bond acceptors (Lipinski definition) is 4. The summed E-state index contributed by atoms with van der Waals surface area (Å²) in [5, 5.41) is 8.21. The number of thiophene rings is 2. The van der Waals surface area contributed by atoms with Gasteiger partial charge in [0.1, 0.15) is 5.41 Å². The van der Waals surface area contributed by atoms with Crippen LogP contribution in [0.4, 0.5) is 0 Å². The van der Waals surface area contributed by atoms with Crippen LogP contribution in [-0.4, -0.2) is 34.7 Å². The summed E-state index contributed by atoms with van der Waals surface area (Å²) < 4.78 is 2.08. The average molecular weight is 532 g/mol. The number of likely N-dealkylation sites (tertiary alicyclic amines) is 2. The molecule has 2 aromatic heterocycles. The molecule has 2 fully saturated rings. The first-order chi connectivity index (χ1) is 13.0. The zero-order valence-electron chi connectivity index (χ0n) is 14.7. The van der Waals surface area contributed by atoms with Crippen LogP contribution in [-0.2, 0) is 22.7 Å². The van der Waals surface area contributed by atoms with Crippen molar-refractivity contribution in [3.8, 4) is 0 Å². The monoisotopic (exact) mass is 530 g/mol. The Morgan fingerprint density at radius 1 is 0.815 bits per heavy atom. The lowest BCUT2D eigenvalue weighted by Crippen LogP contribution is -2.59. The lowest BCUT2D eigenvalue weighted by Gasteiger charge is -2.46. The smallest absolute Gasteiger partial charge is 0.238 e. The number of carbonyl (C=O) groups excluding carboxylic acids is 2. The largest absolute Gasteiger partial charge is 0.337 e. The Balaban J connectivity index is 1.55. The van der Waals surface area contributed by atoms with E-state index in [-0.39, 0.29) is 11.8 Å². The van der Waals surface area contributed by atoms with Crippen molar-refractivity contribution < 1.29 is 9.59 Å². The molecule has 0 radical (unpaired) electrons. The van der Waals surface area contributed by atoms with Gasteiger partial charge in [-0.25, -0.2) is 0 Å². The van der Waals surface area contributed by atoms with E-state index in [4.69, 9.17) is 0 Å². The number of carbonyl (C=O) groups is 2. The van der Waals surface area contributed by atoms with Crippen LogP contribution in [0.3, 0.4) is 0 Å². The summed E-state index contributed by atoms with van der Waals surface area (Å²) in [4.78, 5) is 30.6. The number of amides is 2. The van der Waals surface area contributed by atoms with Crippen LogP contribution in [0, 0.1) is 5.41 Å². The number of halogens is 2. The minimum absolute atomic E-state index is 0.0194. The molecule has 1 spiro atoms. The third-order valence-electron chi connectivity index (χ3n) is 5.56. The summed E-state index contributed by atoms with van der Waals surface area (Å²) in [6, 6.07) is 0. The Kier molecular flexibility index (Phi) is 5.79. The zero-order valence-corrected chi connectivity index (χ0v) is 19.6. The van der Waals surface area contributed by atoms with Gasteiger partial charge in [0, 0.05) is 45.9 Å². The molecule has 4 heterocycles. The molecule has 0 unspecified atom stereocenters. The van der Waals surface area contributed by atoms with E-state index < -0.39 is 5.41 Å². The van der Waals surface area contributed by atoms with E-state index in [1.165, 1.54) is 0 Å². The number of hydrogen-bond donors (Lipinski definition) is 0. The van der Waals surface area contributed by atoms with Gasteiger partial charge in [-0.05, 0) is 79.4 Å². The molecule has 2 amide bonds. The highest BCUT2D eigenvalue weighted by molar-refractivity contribution is 9.10. The van der Waals surface area contributed by atoms with E-state index in [2.05, 4.69) is 42.6 Å². The molecule has 4 rings (SSSR count). The van der Waals surface area contributed by atoms with Crippen molar-refractivity contribution in [1.82, 2.24) is 9.80 Å². The molecule has 8 heteroatoms. The molecule has 0 aromatic carbocycles. The average Bonchev–Trinajstić information content (AvgIpc) is 3.24. The zero-order chi connectivity index (χ0) is 19.0. The van der Waals surface area contributed by atoms with Crippen molar-refractivity contribution in [3.05, 3.63) is 41.6 Å². The molecule has 144 valence electrons. The molecular weight excluding hydrogens is 512 g/mol. The Morgan fingerprint density at radius 3 is 1.63 bits per heavy atom. The van der Waals surface area contributed by atoms with Crippen LogP contribution in [0.1, 0.15) is 36.8 Å². The second-order valence-electron chi connectivity index (χ2n) is 7.23. The van der Waals surface area contributed by atoms with Gasteiger partial charge in [-0.1, -0.05) is 0 Å². The molecular formula is C19H20Br2N2O2S2. The van der Waals surface area contributed by atoms with Gasteiger partial charge >= 0.3 is 0 Å². The molecule has 0 aliphatic carbocycles. The Hall–Kier alpha value is -0.700. The van der Waals surface area contributed by atoms with Gasteiger partial charge in [-0.3, -0.25) is 9.59 Å². The molecule has 27 heavy (non-hydrogen) atoms. The highest BCUT2D eigenvalue weighted by Crippen LogP contribution is 2.42. The maximum atomic E-state index is 13.4.